The Morgan fingerprint density at radius 1 is 1.29 bits per heavy atom. The van der Waals surface area contributed by atoms with E-state index in [2.05, 4.69) is 5.32 Å². The Morgan fingerprint density at radius 2 is 1.95 bits per heavy atom. The summed E-state index contributed by atoms with van der Waals surface area (Å²) >= 11 is 5.88. The maximum Gasteiger partial charge on any atom is 0.389 e. The summed E-state index contributed by atoms with van der Waals surface area (Å²) in [7, 11) is 0. The Kier molecular flexibility index (Phi) is 5.35. The third-order valence-corrected chi connectivity index (χ3v) is 3.95. The van der Waals surface area contributed by atoms with E-state index in [0.29, 0.717) is 18.7 Å². The van der Waals surface area contributed by atoms with Gasteiger partial charge in [0.05, 0.1) is 5.02 Å². The topological polar surface area (TPSA) is 35.5 Å². The van der Waals surface area contributed by atoms with E-state index in [0.717, 1.165) is 13.1 Å². The molecule has 1 atom stereocenters. The quantitative estimate of drug-likeness (QED) is 0.892. The van der Waals surface area contributed by atoms with Gasteiger partial charge in [0.15, 0.2) is 0 Å². The van der Waals surface area contributed by atoms with Crippen molar-refractivity contribution in [3.8, 4) is 5.75 Å². The lowest BCUT2D eigenvalue weighted by atomic mass is 9.99. The van der Waals surface area contributed by atoms with Gasteiger partial charge in [0.2, 0.25) is 0 Å². The van der Waals surface area contributed by atoms with E-state index >= 15 is 0 Å². The van der Waals surface area contributed by atoms with Crippen molar-refractivity contribution in [3.63, 3.8) is 0 Å². The minimum atomic E-state index is -4.17. The lowest BCUT2D eigenvalue weighted by Crippen LogP contribution is -2.45. The van der Waals surface area contributed by atoms with Crippen LogP contribution in [0.15, 0.2) is 18.2 Å². The highest BCUT2D eigenvalue weighted by atomic mass is 35.5. The summed E-state index contributed by atoms with van der Waals surface area (Å²) < 4.78 is 37.6. The van der Waals surface area contributed by atoms with Crippen molar-refractivity contribution in [2.45, 2.75) is 25.1 Å². The van der Waals surface area contributed by atoms with Gasteiger partial charge in [0.1, 0.15) is 5.75 Å². The lowest BCUT2D eigenvalue weighted by molar-refractivity contribution is -0.138. The molecule has 1 saturated heterocycles. The lowest BCUT2D eigenvalue weighted by Gasteiger charge is -2.35. The molecule has 3 nitrogen and oxygen atoms in total. The van der Waals surface area contributed by atoms with Gasteiger partial charge >= 0.3 is 6.18 Å². The maximum absolute atomic E-state index is 12.5. The number of hydrogen-bond donors (Lipinski definition) is 2. The van der Waals surface area contributed by atoms with Gasteiger partial charge in [0.25, 0.3) is 0 Å². The summed E-state index contributed by atoms with van der Waals surface area (Å²) in [6.45, 7) is 2.91. The molecule has 1 aliphatic rings. The van der Waals surface area contributed by atoms with E-state index in [1.807, 2.05) is 4.90 Å². The fourth-order valence-electron chi connectivity index (χ4n) is 2.58. The van der Waals surface area contributed by atoms with Crippen molar-refractivity contribution >= 4 is 11.6 Å². The molecular weight excluding hydrogens is 305 g/mol. The molecule has 0 spiro atoms. The first kappa shape index (κ1) is 16.4. The molecule has 0 saturated carbocycles. The number of rotatable bonds is 4. The van der Waals surface area contributed by atoms with Crippen LogP contribution in [0.2, 0.25) is 5.02 Å². The summed E-state index contributed by atoms with van der Waals surface area (Å²) in [5.74, 6) is -0.0599. The monoisotopic (exact) mass is 322 g/mol. The van der Waals surface area contributed by atoms with Crippen LogP contribution < -0.4 is 5.32 Å². The first-order chi connectivity index (χ1) is 9.87. The molecule has 0 radical (unpaired) electrons. The highest BCUT2D eigenvalue weighted by Crippen LogP contribution is 2.34. The maximum atomic E-state index is 12.5. The first-order valence-corrected chi connectivity index (χ1v) is 7.24. The number of aromatic hydroxyl groups is 1. The number of piperazine rings is 1. The van der Waals surface area contributed by atoms with Gasteiger partial charge in [-0.05, 0) is 24.1 Å². The van der Waals surface area contributed by atoms with Crippen LogP contribution in [-0.2, 0) is 0 Å². The summed E-state index contributed by atoms with van der Waals surface area (Å²) in [6.07, 6.45) is -5.02. The highest BCUT2D eigenvalue weighted by Gasteiger charge is 2.31. The molecule has 2 rings (SSSR count). The third-order valence-electron chi connectivity index (χ3n) is 3.65. The summed E-state index contributed by atoms with van der Waals surface area (Å²) in [6, 6.07) is 4.29. The van der Waals surface area contributed by atoms with Crippen LogP contribution in [-0.4, -0.2) is 42.4 Å². The molecule has 118 valence electrons. The average Bonchev–Trinajstić information content (AvgIpc) is 2.43. The van der Waals surface area contributed by atoms with Crippen molar-refractivity contribution in [2.24, 2.45) is 0 Å². The Labute approximate surface area is 126 Å². The van der Waals surface area contributed by atoms with Crippen molar-refractivity contribution in [1.82, 2.24) is 10.2 Å². The SMILES string of the molecule is Oc1ccc([C@H](CCC(F)(F)F)N2CCNCC2)cc1Cl. The molecule has 0 amide bonds. The second kappa shape index (κ2) is 6.85. The highest BCUT2D eigenvalue weighted by molar-refractivity contribution is 6.32. The Morgan fingerprint density at radius 3 is 2.52 bits per heavy atom. The van der Waals surface area contributed by atoms with E-state index in [1.165, 1.54) is 6.07 Å². The standard InChI is InChI=1S/C14H18ClF3N2O/c15-11-9-10(1-2-13(11)21)12(3-4-14(16,17)18)20-7-5-19-6-8-20/h1-2,9,12,19,21H,3-8H2/t12-/m0/s1. The third kappa shape index (κ3) is 4.76. The van der Waals surface area contributed by atoms with Gasteiger partial charge in [0, 0.05) is 38.6 Å². The predicted octanol–water partition coefficient (Wildman–Crippen LogP) is 3.33. The van der Waals surface area contributed by atoms with Crippen molar-refractivity contribution in [3.05, 3.63) is 28.8 Å². The summed E-state index contributed by atoms with van der Waals surface area (Å²) in [5, 5.41) is 12.8. The normalized spacial score (nSPS) is 18.7. The summed E-state index contributed by atoms with van der Waals surface area (Å²) in [4.78, 5) is 2.03. The molecule has 1 aliphatic heterocycles. The second-order valence-corrected chi connectivity index (χ2v) is 5.57. The zero-order valence-corrected chi connectivity index (χ0v) is 12.2. The van der Waals surface area contributed by atoms with Gasteiger partial charge in [-0.15, -0.1) is 0 Å². The van der Waals surface area contributed by atoms with E-state index in [1.54, 1.807) is 12.1 Å². The van der Waals surface area contributed by atoms with Gasteiger partial charge in [-0.2, -0.15) is 13.2 Å². The molecule has 0 unspecified atom stereocenters. The number of phenols is 1. The molecule has 1 fully saturated rings. The number of halogens is 4. The van der Waals surface area contributed by atoms with Crippen LogP contribution in [0.25, 0.3) is 0 Å². The molecule has 0 aliphatic carbocycles. The molecule has 7 heteroatoms. The predicted molar refractivity (Wildman–Crippen MR) is 75.6 cm³/mol. The van der Waals surface area contributed by atoms with E-state index in [-0.39, 0.29) is 23.2 Å². The molecule has 21 heavy (non-hydrogen) atoms. The average molecular weight is 323 g/mol. The number of phenolic OH excluding ortho intramolecular Hbond substituents is 1. The van der Waals surface area contributed by atoms with Crippen LogP contribution >= 0.6 is 11.6 Å². The Hall–Kier alpha value is -0.980. The van der Waals surface area contributed by atoms with Crippen molar-refractivity contribution in [2.75, 3.05) is 26.2 Å². The number of alkyl halides is 3. The van der Waals surface area contributed by atoms with E-state index in [4.69, 9.17) is 11.6 Å². The van der Waals surface area contributed by atoms with Crippen molar-refractivity contribution in [1.29, 1.82) is 0 Å². The first-order valence-electron chi connectivity index (χ1n) is 6.87. The molecule has 1 heterocycles. The Bertz CT molecular complexity index is 476. The van der Waals surface area contributed by atoms with Crippen LogP contribution in [0.1, 0.15) is 24.4 Å². The number of benzene rings is 1. The van der Waals surface area contributed by atoms with E-state index in [9.17, 15) is 18.3 Å². The van der Waals surface area contributed by atoms with Gasteiger partial charge < -0.3 is 10.4 Å². The van der Waals surface area contributed by atoms with Gasteiger partial charge in [-0.1, -0.05) is 17.7 Å². The zero-order valence-electron chi connectivity index (χ0n) is 11.5. The molecule has 2 N–H and O–H groups in total. The minimum absolute atomic E-state index is 0.00932. The number of nitrogens with zero attached hydrogens (tertiary/aromatic N) is 1. The van der Waals surface area contributed by atoms with Gasteiger partial charge in [-0.25, -0.2) is 0 Å². The molecule has 1 aromatic rings. The largest absolute Gasteiger partial charge is 0.506 e. The molecule has 0 bridgehead atoms. The van der Waals surface area contributed by atoms with Crippen LogP contribution in [0.4, 0.5) is 13.2 Å². The fraction of sp³-hybridized carbons (Fsp3) is 0.571. The van der Waals surface area contributed by atoms with Crippen LogP contribution in [0.3, 0.4) is 0 Å². The van der Waals surface area contributed by atoms with E-state index < -0.39 is 12.6 Å². The number of hydrogen-bond acceptors (Lipinski definition) is 3. The molecule has 1 aromatic carbocycles. The zero-order chi connectivity index (χ0) is 15.5. The number of nitrogens with one attached hydrogen (secondary N) is 1. The second-order valence-electron chi connectivity index (χ2n) is 5.17. The minimum Gasteiger partial charge on any atom is -0.506 e. The summed E-state index contributed by atoms with van der Waals surface area (Å²) in [5.41, 5.74) is 0.712. The van der Waals surface area contributed by atoms with Crippen LogP contribution in [0, 0.1) is 0 Å². The van der Waals surface area contributed by atoms with Crippen molar-refractivity contribution < 1.29 is 18.3 Å². The molecule has 0 aromatic heterocycles. The van der Waals surface area contributed by atoms with Gasteiger partial charge in [-0.3, -0.25) is 4.90 Å². The molecular formula is C14H18ClF3N2O. The van der Waals surface area contributed by atoms with Crippen LogP contribution in [0.5, 0.6) is 5.75 Å². The fourth-order valence-corrected chi connectivity index (χ4v) is 2.77. The smallest absolute Gasteiger partial charge is 0.389 e. The Balaban J connectivity index is 2.18.